The molecule has 2 rings (SSSR count). The van der Waals surface area contributed by atoms with Gasteiger partial charge in [-0.3, -0.25) is 0 Å². The van der Waals surface area contributed by atoms with Crippen molar-refractivity contribution in [3.8, 4) is 0 Å². The Morgan fingerprint density at radius 1 is 1.27 bits per heavy atom. The van der Waals surface area contributed by atoms with E-state index in [9.17, 15) is 0 Å². The minimum atomic E-state index is 0.573. The number of aromatic nitrogens is 1. The van der Waals surface area contributed by atoms with Gasteiger partial charge in [0.05, 0.1) is 0 Å². The second-order valence-corrected chi connectivity index (χ2v) is 5.43. The van der Waals surface area contributed by atoms with Crippen LogP contribution in [0.25, 0.3) is 0 Å². The molecule has 1 saturated heterocycles. The first-order valence-corrected chi connectivity index (χ1v) is 6.71. The first-order chi connectivity index (χ1) is 7.27. The normalized spacial score (nSPS) is 17.1. The fourth-order valence-electron chi connectivity index (χ4n) is 1.72. The molecule has 1 aliphatic heterocycles. The van der Waals surface area contributed by atoms with Gasteiger partial charge in [-0.15, -0.1) is 0 Å². The number of rotatable bonds is 2. The molecule has 0 N–H and O–H groups in total. The van der Waals surface area contributed by atoms with Gasteiger partial charge in [-0.1, -0.05) is 19.9 Å². The third-order valence-electron chi connectivity index (χ3n) is 2.77. The lowest BCUT2D eigenvalue weighted by molar-refractivity contribution is 0.824. The first kappa shape index (κ1) is 10.8. The van der Waals surface area contributed by atoms with Crippen LogP contribution in [0.3, 0.4) is 0 Å². The lowest BCUT2D eigenvalue weighted by atomic mass is 10.1. The van der Waals surface area contributed by atoms with E-state index < -0.39 is 0 Å². The molecule has 0 radical (unpaired) electrons. The van der Waals surface area contributed by atoms with E-state index in [2.05, 4.69) is 35.9 Å². The summed E-state index contributed by atoms with van der Waals surface area (Å²) < 4.78 is 0. The molecular weight excluding hydrogens is 204 g/mol. The molecule has 82 valence electrons. The molecule has 0 atom stereocenters. The summed E-state index contributed by atoms with van der Waals surface area (Å²) >= 11 is 2.03. The Morgan fingerprint density at radius 3 is 2.53 bits per heavy atom. The fraction of sp³-hybridized carbons (Fsp3) is 0.583. The molecule has 0 saturated carbocycles. The van der Waals surface area contributed by atoms with Crippen LogP contribution in [-0.2, 0) is 0 Å². The van der Waals surface area contributed by atoms with Crippen molar-refractivity contribution in [2.24, 2.45) is 0 Å². The molecule has 1 aliphatic rings. The zero-order valence-electron chi connectivity index (χ0n) is 9.44. The predicted octanol–water partition coefficient (Wildman–Crippen LogP) is 2.76. The van der Waals surface area contributed by atoms with Crippen molar-refractivity contribution in [3.05, 3.63) is 23.9 Å². The van der Waals surface area contributed by atoms with Gasteiger partial charge in [-0.2, -0.15) is 11.8 Å². The summed E-state index contributed by atoms with van der Waals surface area (Å²) in [5.74, 6) is 4.17. The van der Waals surface area contributed by atoms with Crippen LogP contribution in [-0.4, -0.2) is 29.6 Å². The average molecular weight is 222 g/mol. The predicted molar refractivity (Wildman–Crippen MR) is 67.9 cm³/mol. The highest BCUT2D eigenvalue weighted by Crippen LogP contribution is 2.19. The van der Waals surface area contributed by atoms with E-state index in [4.69, 9.17) is 0 Å². The molecule has 1 fully saturated rings. The van der Waals surface area contributed by atoms with E-state index in [1.165, 1.54) is 17.1 Å². The van der Waals surface area contributed by atoms with Crippen LogP contribution >= 0.6 is 11.8 Å². The minimum Gasteiger partial charge on any atom is -0.355 e. The van der Waals surface area contributed by atoms with E-state index in [1.807, 2.05) is 18.0 Å². The smallest absolute Gasteiger partial charge is 0.128 e. The van der Waals surface area contributed by atoms with Crippen molar-refractivity contribution in [1.82, 2.24) is 4.98 Å². The van der Waals surface area contributed by atoms with Gasteiger partial charge < -0.3 is 4.90 Å². The molecule has 0 amide bonds. The second-order valence-electron chi connectivity index (χ2n) is 4.20. The van der Waals surface area contributed by atoms with Crippen molar-refractivity contribution in [2.45, 2.75) is 19.8 Å². The van der Waals surface area contributed by atoms with Gasteiger partial charge in [-0.05, 0) is 17.5 Å². The largest absolute Gasteiger partial charge is 0.355 e. The Hall–Kier alpha value is -0.700. The molecule has 3 heteroatoms. The third-order valence-corrected chi connectivity index (χ3v) is 3.71. The van der Waals surface area contributed by atoms with Crippen LogP contribution in [0.2, 0.25) is 0 Å². The molecule has 15 heavy (non-hydrogen) atoms. The highest BCUT2D eigenvalue weighted by atomic mass is 32.2. The fourth-order valence-corrected chi connectivity index (χ4v) is 2.62. The SMILES string of the molecule is CC(C)c1ccc(N2CCSCC2)nc1. The highest BCUT2D eigenvalue weighted by Gasteiger charge is 2.12. The zero-order chi connectivity index (χ0) is 10.7. The Bertz CT molecular complexity index is 302. The van der Waals surface area contributed by atoms with Gasteiger partial charge in [0, 0.05) is 30.8 Å². The number of thioether (sulfide) groups is 1. The lowest BCUT2D eigenvalue weighted by Gasteiger charge is -2.27. The van der Waals surface area contributed by atoms with E-state index >= 15 is 0 Å². The number of nitrogens with zero attached hydrogens (tertiary/aromatic N) is 2. The summed E-state index contributed by atoms with van der Waals surface area (Å²) in [6.07, 6.45) is 2.02. The molecule has 0 bridgehead atoms. The monoisotopic (exact) mass is 222 g/mol. The van der Waals surface area contributed by atoms with Crippen LogP contribution in [0, 0.1) is 0 Å². The van der Waals surface area contributed by atoms with Crippen molar-refractivity contribution >= 4 is 17.6 Å². The van der Waals surface area contributed by atoms with Crippen molar-refractivity contribution in [2.75, 3.05) is 29.5 Å². The molecule has 0 spiro atoms. The molecule has 0 aliphatic carbocycles. The highest BCUT2D eigenvalue weighted by molar-refractivity contribution is 7.99. The molecular formula is C12H18N2S. The second kappa shape index (κ2) is 4.88. The van der Waals surface area contributed by atoms with E-state index in [0.717, 1.165) is 18.9 Å². The maximum absolute atomic E-state index is 4.54. The summed E-state index contributed by atoms with van der Waals surface area (Å²) in [6, 6.07) is 4.36. The zero-order valence-corrected chi connectivity index (χ0v) is 10.3. The molecule has 2 heterocycles. The van der Waals surface area contributed by atoms with Crippen molar-refractivity contribution in [1.29, 1.82) is 0 Å². The summed E-state index contributed by atoms with van der Waals surface area (Å²) in [5, 5.41) is 0. The topological polar surface area (TPSA) is 16.1 Å². The van der Waals surface area contributed by atoms with Gasteiger partial charge in [-0.25, -0.2) is 4.98 Å². The van der Waals surface area contributed by atoms with Crippen LogP contribution < -0.4 is 4.90 Å². The average Bonchev–Trinajstić information content (AvgIpc) is 2.30. The Kier molecular flexibility index (Phi) is 3.52. The maximum atomic E-state index is 4.54. The molecule has 0 aromatic carbocycles. The summed E-state index contributed by atoms with van der Waals surface area (Å²) in [7, 11) is 0. The lowest BCUT2D eigenvalue weighted by Crippen LogP contribution is -2.33. The Balaban J connectivity index is 2.08. The van der Waals surface area contributed by atoms with Crippen LogP contribution in [0.1, 0.15) is 25.3 Å². The number of pyridine rings is 1. The molecule has 2 nitrogen and oxygen atoms in total. The number of hydrogen-bond donors (Lipinski definition) is 0. The third kappa shape index (κ3) is 2.65. The van der Waals surface area contributed by atoms with Gasteiger partial charge in [0.15, 0.2) is 0 Å². The maximum Gasteiger partial charge on any atom is 0.128 e. The summed E-state index contributed by atoms with van der Waals surface area (Å²) in [5.41, 5.74) is 1.32. The van der Waals surface area contributed by atoms with Gasteiger partial charge in [0.25, 0.3) is 0 Å². The number of hydrogen-bond acceptors (Lipinski definition) is 3. The van der Waals surface area contributed by atoms with Crippen LogP contribution in [0.5, 0.6) is 0 Å². The molecule has 0 unspecified atom stereocenters. The summed E-state index contributed by atoms with van der Waals surface area (Å²) in [6.45, 7) is 6.68. The number of anilines is 1. The standard InChI is InChI=1S/C12H18N2S/c1-10(2)11-3-4-12(13-9-11)14-5-7-15-8-6-14/h3-4,9-10H,5-8H2,1-2H3. The molecule has 1 aromatic rings. The molecule has 1 aromatic heterocycles. The van der Waals surface area contributed by atoms with Gasteiger partial charge in [0.2, 0.25) is 0 Å². The Labute approximate surface area is 96.1 Å². The Morgan fingerprint density at radius 2 is 2.00 bits per heavy atom. The van der Waals surface area contributed by atoms with Gasteiger partial charge in [0.1, 0.15) is 5.82 Å². The first-order valence-electron chi connectivity index (χ1n) is 5.56. The van der Waals surface area contributed by atoms with Gasteiger partial charge >= 0.3 is 0 Å². The van der Waals surface area contributed by atoms with Crippen molar-refractivity contribution in [3.63, 3.8) is 0 Å². The van der Waals surface area contributed by atoms with Crippen molar-refractivity contribution < 1.29 is 0 Å². The van der Waals surface area contributed by atoms with E-state index in [1.54, 1.807) is 0 Å². The van der Waals surface area contributed by atoms with E-state index in [-0.39, 0.29) is 0 Å². The quantitative estimate of drug-likeness (QED) is 0.765. The van der Waals surface area contributed by atoms with E-state index in [0.29, 0.717) is 5.92 Å². The minimum absolute atomic E-state index is 0.573. The summed E-state index contributed by atoms with van der Waals surface area (Å²) in [4.78, 5) is 6.92. The van der Waals surface area contributed by atoms with Crippen LogP contribution in [0.15, 0.2) is 18.3 Å². The van der Waals surface area contributed by atoms with Crippen LogP contribution in [0.4, 0.5) is 5.82 Å².